The van der Waals surface area contributed by atoms with Crippen LogP contribution >= 0.6 is 0 Å². The van der Waals surface area contributed by atoms with Crippen molar-refractivity contribution in [3.05, 3.63) is 101 Å². The number of carbonyl (C=O) groups is 1. The van der Waals surface area contributed by atoms with Gasteiger partial charge in [-0.3, -0.25) is 9.36 Å². The molecule has 0 aliphatic rings. The molecule has 1 aromatic heterocycles. The van der Waals surface area contributed by atoms with Crippen molar-refractivity contribution in [3.8, 4) is 28.4 Å². The fourth-order valence-corrected chi connectivity index (χ4v) is 4.80. The highest BCUT2D eigenvalue weighted by atomic mass is 19.4. The van der Waals surface area contributed by atoms with Crippen LogP contribution < -0.4 is 0 Å². The number of aromatic hydroxyl groups is 2. The number of hydrogen-bond acceptors (Lipinski definition) is 5. The van der Waals surface area contributed by atoms with E-state index in [1.165, 1.54) is 16.7 Å². The zero-order valence-electron chi connectivity index (χ0n) is 23.7. The van der Waals surface area contributed by atoms with Gasteiger partial charge in [0.05, 0.1) is 16.5 Å². The first kappa shape index (κ1) is 29.4. The number of benzene rings is 4. The number of para-hydroxylation sites is 1. The summed E-state index contributed by atoms with van der Waals surface area (Å²) in [6.07, 6.45) is -4.60. The second-order valence-electron chi connectivity index (χ2n) is 10.9. The highest BCUT2D eigenvalue weighted by molar-refractivity contribution is 5.97. The molecule has 0 aliphatic heterocycles. The van der Waals surface area contributed by atoms with Crippen molar-refractivity contribution < 1.29 is 33.3 Å². The maximum Gasteiger partial charge on any atom is 0.416 e. The van der Waals surface area contributed by atoms with Crippen LogP contribution in [0.15, 0.2) is 89.1 Å². The number of aromatic nitrogens is 1. The number of fused-ring (bicyclic) bond motifs is 1. The monoisotopic (exact) mass is 587 g/mol. The van der Waals surface area contributed by atoms with Crippen LogP contribution in [-0.4, -0.2) is 25.9 Å². The standard InChI is InChI=1S/C33H28F3N3O4/c1-18-8-14-23(16-19(18)2)39-27-17-22(33(34,35)36)13-15-25(27)28(30(39)41)38-37-26-7-5-6-24(29(26)40)20-9-11-21(12-10-20)32(3,4)31(42)43/h5-17,40-41H,1-4H3,(H,42,43). The molecule has 5 rings (SSSR count). The third-order valence-electron chi connectivity index (χ3n) is 7.72. The van der Waals surface area contributed by atoms with Gasteiger partial charge in [-0.25, -0.2) is 0 Å². The lowest BCUT2D eigenvalue weighted by Crippen LogP contribution is -2.28. The highest BCUT2D eigenvalue weighted by Crippen LogP contribution is 2.45. The number of halogens is 3. The van der Waals surface area contributed by atoms with Crippen molar-refractivity contribution in [2.45, 2.75) is 39.3 Å². The largest absolute Gasteiger partial charge is 0.505 e. The third-order valence-corrected chi connectivity index (χ3v) is 7.72. The summed E-state index contributed by atoms with van der Waals surface area (Å²) in [6, 6.07) is 19.9. The van der Waals surface area contributed by atoms with Crippen LogP contribution in [0.5, 0.6) is 11.6 Å². The summed E-state index contributed by atoms with van der Waals surface area (Å²) in [6.45, 7) is 6.96. The molecule has 0 amide bonds. The minimum absolute atomic E-state index is 0.0610. The molecule has 0 atom stereocenters. The number of azo groups is 1. The number of alkyl halides is 3. The number of hydrogen-bond donors (Lipinski definition) is 3. The van der Waals surface area contributed by atoms with E-state index in [1.807, 2.05) is 19.9 Å². The van der Waals surface area contributed by atoms with Gasteiger partial charge in [0.15, 0.2) is 11.4 Å². The Labute approximate surface area is 245 Å². The summed E-state index contributed by atoms with van der Waals surface area (Å²) >= 11 is 0. The van der Waals surface area contributed by atoms with Gasteiger partial charge in [-0.05, 0) is 86.3 Å². The van der Waals surface area contributed by atoms with Crippen molar-refractivity contribution in [1.82, 2.24) is 4.57 Å². The maximum absolute atomic E-state index is 13.6. The van der Waals surface area contributed by atoms with Crippen molar-refractivity contribution in [2.24, 2.45) is 10.2 Å². The lowest BCUT2D eigenvalue weighted by Gasteiger charge is -2.20. The van der Waals surface area contributed by atoms with Gasteiger partial charge in [0.25, 0.3) is 0 Å². The van der Waals surface area contributed by atoms with Crippen molar-refractivity contribution in [2.75, 3.05) is 0 Å². The zero-order chi connectivity index (χ0) is 31.3. The van der Waals surface area contributed by atoms with E-state index in [1.54, 1.807) is 62.4 Å². The fourth-order valence-electron chi connectivity index (χ4n) is 4.80. The lowest BCUT2D eigenvalue weighted by atomic mass is 9.84. The molecule has 0 bridgehead atoms. The molecule has 7 nitrogen and oxygen atoms in total. The number of carboxylic acids is 1. The minimum Gasteiger partial charge on any atom is -0.505 e. The average Bonchev–Trinajstić information content (AvgIpc) is 3.23. The van der Waals surface area contributed by atoms with Gasteiger partial charge in [0.1, 0.15) is 5.69 Å². The Balaban J connectivity index is 1.60. The number of phenolic OH excluding ortho intramolecular Hbond substituents is 1. The van der Waals surface area contributed by atoms with Crippen molar-refractivity contribution in [3.63, 3.8) is 0 Å². The first-order valence-electron chi connectivity index (χ1n) is 13.3. The van der Waals surface area contributed by atoms with E-state index in [9.17, 15) is 33.3 Å². The Bertz CT molecular complexity index is 1910. The summed E-state index contributed by atoms with van der Waals surface area (Å²) in [7, 11) is 0. The van der Waals surface area contributed by atoms with Crippen LogP contribution in [0, 0.1) is 13.8 Å². The Hall–Kier alpha value is -5.12. The van der Waals surface area contributed by atoms with Gasteiger partial charge in [-0.2, -0.15) is 13.2 Å². The number of phenols is 1. The van der Waals surface area contributed by atoms with Crippen LogP contribution in [0.2, 0.25) is 0 Å². The third kappa shape index (κ3) is 5.31. The molecular weight excluding hydrogens is 559 g/mol. The molecule has 0 spiro atoms. The summed E-state index contributed by atoms with van der Waals surface area (Å²) in [5.41, 5.74) is 2.02. The second kappa shape index (κ2) is 10.6. The van der Waals surface area contributed by atoms with Gasteiger partial charge >= 0.3 is 12.1 Å². The average molecular weight is 588 g/mol. The minimum atomic E-state index is -4.60. The molecule has 0 saturated heterocycles. The van der Waals surface area contributed by atoms with E-state index in [4.69, 9.17) is 0 Å². The first-order chi connectivity index (χ1) is 20.2. The second-order valence-corrected chi connectivity index (χ2v) is 10.9. The molecular formula is C33H28F3N3O4. The van der Waals surface area contributed by atoms with Crippen LogP contribution in [0.4, 0.5) is 24.5 Å². The molecule has 0 aliphatic carbocycles. The van der Waals surface area contributed by atoms with Gasteiger partial charge in [-0.1, -0.05) is 42.5 Å². The molecule has 0 saturated carbocycles. The summed E-state index contributed by atoms with van der Waals surface area (Å²) in [5, 5.41) is 40.4. The van der Waals surface area contributed by atoms with E-state index < -0.39 is 29.0 Å². The Kier molecular flexibility index (Phi) is 7.25. The number of rotatable bonds is 6. The van der Waals surface area contributed by atoms with Gasteiger partial charge < -0.3 is 15.3 Å². The molecule has 43 heavy (non-hydrogen) atoms. The summed E-state index contributed by atoms with van der Waals surface area (Å²) in [5.74, 6) is -1.59. The summed E-state index contributed by atoms with van der Waals surface area (Å²) in [4.78, 5) is 11.6. The smallest absolute Gasteiger partial charge is 0.416 e. The Morgan fingerprint density at radius 3 is 2.12 bits per heavy atom. The normalized spacial score (nSPS) is 12.3. The lowest BCUT2D eigenvalue weighted by molar-refractivity contribution is -0.142. The molecule has 4 aromatic carbocycles. The predicted molar refractivity (Wildman–Crippen MR) is 158 cm³/mol. The number of nitrogens with zero attached hydrogens (tertiary/aromatic N) is 3. The zero-order valence-corrected chi connectivity index (χ0v) is 23.7. The summed E-state index contributed by atoms with van der Waals surface area (Å²) < 4.78 is 42.1. The van der Waals surface area contributed by atoms with Crippen LogP contribution in [0.25, 0.3) is 27.7 Å². The van der Waals surface area contributed by atoms with Gasteiger partial charge in [0.2, 0.25) is 5.88 Å². The Morgan fingerprint density at radius 2 is 1.49 bits per heavy atom. The van der Waals surface area contributed by atoms with E-state index in [2.05, 4.69) is 10.2 Å². The van der Waals surface area contributed by atoms with Gasteiger partial charge in [-0.15, -0.1) is 10.2 Å². The SMILES string of the molecule is Cc1ccc(-n2c(O)c(N=Nc3cccc(-c4ccc(C(C)(C)C(=O)O)cc4)c3O)c3ccc(C(F)(F)F)cc32)cc1C. The van der Waals surface area contributed by atoms with Crippen molar-refractivity contribution >= 4 is 28.2 Å². The quantitative estimate of drug-likeness (QED) is 0.172. The van der Waals surface area contributed by atoms with Gasteiger partial charge in [0, 0.05) is 16.6 Å². The first-order valence-corrected chi connectivity index (χ1v) is 13.3. The Morgan fingerprint density at radius 1 is 0.814 bits per heavy atom. The molecule has 0 unspecified atom stereocenters. The van der Waals surface area contributed by atoms with E-state index >= 15 is 0 Å². The topological polar surface area (TPSA) is 107 Å². The molecule has 10 heteroatoms. The molecule has 1 heterocycles. The van der Waals surface area contributed by atoms with E-state index in [-0.39, 0.29) is 28.0 Å². The maximum atomic E-state index is 13.6. The molecule has 5 aromatic rings. The van der Waals surface area contributed by atoms with Crippen molar-refractivity contribution in [1.29, 1.82) is 0 Å². The highest BCUT2D eigenvalue weighted by Gasteiger charge is 2.32. The predicted octanol–water partition coefficient (Wildman–Crippen LogP) is 9.12. The van der Waals surface area contributed by atoms with Crippen LogP contribution in [0.3, 0.4) is 0 Å². The molecule has 0 radical (unpaired) electrons. The number of aryl methyl sites for hydroxylation is 2. The fraction of sp³-hybridized carbons (Fsp3) is 0.182. The van der Waals surface area contributed by atoms with Crippen LogP contribution in [0.1, 0.15) is 36.1 Å². The molecule has 3 N–H and O–H groups in total. The van der Waals surface area contributed by atoms with E-state index in [0.29, 0.717) is 22.4 Å². The molecule has 0 fully saturated rings. The molecule has 220 valence electrons. The van der Waals surface area contributed by atoms with Crippen LogP contribution in [-0.2, 0) is 16.4 Å². The number of carboxylic acid groups (broad SMARTS) is 1. The van der Waals surface area contributed by atoms with E-state index in [0.717, 1.165) is 23.3 Å². The number of aliphatic carboxylic acids is 1.